The molecule has 0 radical (unpaired) electrons. The van der Waals surface area contributed by atoms with E-state index in [2.05, 4.69) is 10.3 Å². The molecule has 1 aromatic carbocycles. The van der Waals surface area contributed by atoms with E-state index in [4.69, 9.17) is 11.6 Å². The highest BCUT2D eigenvalue weighted by Crippen LogP contribution is 2.28. The number of benzene rings is 1. The maximum Gasteiger partial charge on any atom is 0.257 e. The number of hydrogen-bond acceptors (Lipinski definition) is 2. The molecule has 1 amide bonds. The van der Waals surface area contributed by atoms with Gasteiger partial charge < -0.3 is 5.32 Å². The van der Waals surface area contributed by atoms with Gasteiger partial charge in [-0.2, -0.15) is 0 Å². The number of nitrogens with one attached hydrogen (secondary N) is 1. The summed E-state index contributed by atoms with van der Waals surface area (Å²) in [7, 11) is 0. The van der Waals surface area contributed by atoms with Crippen LogP contribution in [0.3, 0.4) is 0 Å². The van der Waals surface area contributed by atoms with E-state index in [0.29, 0.717) is 11.4 Å². The highest BCUT2D eigenvalue weighted by molar-refractivity contribution is 6.31. The number of carbonyl (C=O) groups excluding carboxylic acids is 1. The summed E-state index contributed by atoms with van der Waals surface area (Å²) >= 11 is 5.33. The van der Waals surface area contributed by atoms with E-state index in [1.807, 2.05) is 19.1 Å². The zero-order chi connectivity index (χ0) is 14.5. The van der Waals surface area contributed by atoms with Gasteiger partial charge in [0.1, 0.15) is 11.6 Å². The van der Waals surface area contributed by atoms with E-state index in [1.54, 1.807) is 24.4 Å². The standard InChI is InChI=1S/C9H8N2O.C6H4ClF/c1-2-6-7-4-3-5-10-8(7)11-9(6)12;7-5-3-1-2-4-6(5)8/h2-5H,1H3,(H,10,11,12);1-4H/b6-2+;. The number of carbonyl (C=O) groups is 1. The largest absolute Gasteiger partial charge is 0.306 e. The Hall–Kier alpha value is -2.20. The summed E-state index contributed by atoms with van der Waals surface area (Å²) < 4.78 is 12.2. The summed E-state index contributed by atoms with van der Waals surface area (Å²) in [5, 5.41) is 2.85. The summed E-state index contributed by atoms with van der Waals surface area (Å²) in [6.45, 7) is 1.84. The van der Waals surface area contributed by atoms with Crippen molar-refractivity contribution in [1.29, 1.82) is 0 Å². The minimum atomic E-state index is -0.367. The van der Waals surface area contributed by atoms with Gasteiger partial charge in [-0.3, -0.25) is 4.79 Å². The third-order valence-electron chi connectivity index (χ3n) is 2.69. The number of aromatic nitrogens is 1. The molecule has 1 aromatic heterocycles. The molecule has 0 bridgehead atoms. The lowest BCUT2D eigenvalue weighted by Crippen LogP contribution is -2.03. The molecule has 0 fully saturated rings. The number of fused-ring (bicyclic) bond motifs is 1. The van der Waals surface area contributed by atoms with Crippen molar-refractivity contribution in [2.45, 2.75) is 6.92 Å². The zero-order valence-electron chi connectivity index (χ0n) is 10.7. The minimum absolute atomic E-state index is 0.0637. The number of halogens is 2. The minimum Gasteiger partial charge on any atom is -0.306 e. The van der Waals surface area contributed by atoms with Crippen LogP contribution in [0.1, 0.15) is 12.5 Å². The van der Waals surface area contributed by atoms with Crippen molar-refractivity contribution < 1.29 is 9.18 Å². The first-order chi connectivity index (χ1) is 9.63. The van der Waals surface area contributed by atoms with E-state index in [1.165, 1.54) is 12.1 Å². The van der Waals surface area contributed by atoms with Gasteiger partial charge in [0.2, 0.25) is 0 Å². The number of pyridine rings is 1. The summed E-state index contributed by atoms with van der Waals surface area (Å²) in [5.74, 6) is 0.232. The van der Waals surface area contributed by atoms with E-state index in [0.717, 1.165) is 5.56 Å². The predicted molar refractivity (Wildman–Crippen MR) is 77.9 cm³/mol. The van der Waals surface area contributed by atoms with Crippen molar-refractivity contribution in [2.75, 3.05) is 5.32 Å². The Morgan fingerprint density at radius 2 is 2.00 bits per heavy atom. The molecular formula is C15H12ClFN2O. The third kappa shape index (κ3) is 3.03. The van der Waals surface area contributed by atoms with Crippen LogP contribution in [0.5, 0.6) is 0 Å². The van der Waals surface area contributed by atoms with Crippen molar-refractivity contribution in [3.8, 4) is 0 Å². The number of rotatable bonds is 0. The number of anilines is 1. The van der Waals surface area contributed by atoms with Crippen LogP contribution in [0.25, 0.3) is 5.57 Å². The Balaban J connectivity index is 0.000000160. The molecule has 3 rings (SSSR count). The van der Waals surface area contributed by atoms with Crippen molar-refractivity contribution in [2.24, 2.45) is 0 Å². The molecule has 5 heteroatoms. The lowest BCUT2D eigenvalue weighted by Gasteiger charge is -1.92. The van der Waals surface area contributed by atoms with Crippen LogP contribution in [0, 0.1) is 5.82 Å². The molecule has 1 aliphatic rings. The van der Waals surface area contributed by atoms with Gasteiger partial charge >= 0.3 is 0 Å². The monoisotopic (exact) mass is 290 g/mol. The van der Waals surface area contributed by atoms with E-state index >= 15 is 0 Å². The molecule has 0 atom stereocenters. The van der Waals surface area contributed by atoms with Crippen LogP contribution in [-0.2, 0) is 4.79 Å². The third-order valence-corrected chi connectivity index (χ3v) is 2.99. The van der Waals surface area contributed by atoms with Gasteiger partial charge in [-0.15, -0.1) is 0 Å². The zero-order valence-corrected chi connectivity index (χ0v) is 11.5. The topological polar surface area (TPSA) is 42.0 Å². The molecule has 0 saturated carbocycles. The Labute approximate surface area is 121 Å². The lowest BCUT2D eigenvalue weighted by molar-refractivity contribution is -0.110. The summed E-state index contributed by atoms with van der Waals surface area (Å²) in [5.41, 5.74) is 1.60. The average molecular weight is 291 g/mol. The summed E-state index contributed by atoms with van der Waals surface area (Å²) in [6.07, 6.45) is 3.46. The molecule has 1 N–H and O–H groups in total. The van der Waals surface area contributed by atoms with E-state index in [-0.39, 0.29) is 16.7 Å². The van der Waals surface area contributed by atoms with Crippen LogP contribution in [-0.4, -0.2) is 10.9 Å². The average Bonchev–Trinajstić information content (AvgIpc) is 2.78. The fourth-order valence-corrected chi connectivity index (χ4v) is 1.88. The molecule has 20 heavy (non-hydrogen) atoms. The Bertz CT molecular complexity index is 649. The number of amides is 1. The van der Waals surface area contributed by atoms with Crippen molar-refractivity contribution in [3.05, 3.63) is 65.1 Å². The Kier molecular flexibility index (Phi) is 4.48. The number of hydrogen-bond donors (Lipinski definition) is 1. The van der Waals surface area contributed by atoms with Crippen LogP contribution in [0.4, 0.5) is 10.2 Å². The van der Waals surface area contributed by atoms with Crippen LogP contribution in [0.2, 0.25) is 5.02 Å². The van der Waals surface area contributed by atoms with Crippen LogP contribution >= 0.6 is 11.6 Å². The molecule has 3 nitrogen and oxygen atoms in total. The number of nitrogens with zero attached hydrogens (tertiary/aromatic N) is 1. The van der Waals surface area contributed by atoms with E-state index in [9.17, 15) is 9.18 Å². The highest BCUT2D eigenvalue weighted by Gasteiger charge is 2.23. The molecule has 0 unspecified atom stereocenters. The van der Waals surface area contributed by atoms with Gasteiger partial charge in [-0.05, 0) is 31.2 Å². The van der Waals surface area contributed by atoms with Gasteiger partial charge in [0.15, 0.2) is 0 Å². The molecular weight excluding hydrogens is 279 g/mol. The molecule has 0 saturated heterocycles. The summed E-state index contributed by atoms with van der Waals surface area (Å²) in [4.78, 5) is 15.3. The molecule has 0 aliphatic carbocycles. The lowest BCUT2D eigenvalue weighted by atomic mass is 10.1. The Morgan fingerprint density at radius 1 is 1.25 bits per heavy atom. The smallest absolute Gasteiger partial charge is 0.257 e. The molecule has 1 aliphatic heterocycles. The van der Waals surface area contributed by atoms with Crippen molar-refractivity contribution >= 4 is 28.9 Å². The molecule has 102 valence electrons. The second-order valence-electron chi connectivity index (χ2n) is 3.97. The highest BCUT2D eigenvalue weighted by atomic mass is 35.5. The number of allylic oxidation sites excluding steroid dienone is 1. The maximum atomic E-state index is 12.2. The maximum absolute atomic E-state index is 12.2. The SMILES string of the molecule is C/C=C1/C(=O)Nc2ncccc21.Fc1ccccc1Cl. The first-order valence-corrected chi connectivity index (χ1v) is 6.34. The molecule has 2 aromatic rings. The molecule has 2 heterocycles. The quantitative estimate of drug-likeness (QED) is 0.747. The summed E-state index contributed by atoms with van der Waals surface area (Å²) in [6, 6.07) is 9.82. The van der Waals surface area contributed by atoms with Gasteiger partial charge in [0.25, 0.3) is 5.91 Å². The second kappa shape index (κ2) is 6.30. The Morgan fingerprint density at radius 3 is 2.60 bits per heavy atom. The van der Waals surface area contributed by atoms with Gasteiger partial charge in [-0.25, -0.2) is 9.37 Å². The first-order valence-electron chi connectivity index (χ1n) is 5.96. The van der Waals surface area contributed by atoms with E-state index < -0.39 is 0 Å². The van der Waals surface area contributed by atoms with Crippen LogP contribution in [0.15, 0.2) is 48.7 Å². The molecule has 0 spiro atoms. The van der Waals surface area contributed by atoms with Crippen molar-refractivity contribution in [3.63, 3.8) is 0 Å². The van der Waals surface area contributed by atoms with Gasteiger partial charge in [0.05, 0.1) is 5.02 Å². The normalized spacial score (nSPS) is 14.3. The van der Waals surface area contributed by atoms with Gasteiger partial charge in [-0.1, -0.05) is 29.8 Å². The predicted octanol–water partition coefficient (Wildman–Crippen LogP) is 3.92. The van der Waals surface area contributed by atoms with Crippen molar-refractivity contribution in [1.82, 2.24) is 4.98 Å². The second-order valence-corrected chi connectivity index (χ2v) is 4.38. The first kappa shape index (κ1) is 14.2. The fraction of sp³-hybridized carbons (Fsp3) is 0.0667. The van der Waals surface area contributed by atoms with Crippen LogP contribution < -0.4 is 5.32 Å². The fourth-order valence-electron chi connectivity index (χ4n) is 1.75. The van der Waals surface area contributed by atoms with Gasteiger partial charge in [0, 0.05) is 17.3 Å².